The summed E-state index contributed by atoms with van der Waals surface area (Å²) in [5.41, 5.74) is -0.239. The van der Waals surface area contributed by atoms with E-state index in [4.69, 9.17) is 0 Å². The van der Waals surface area contributed by atoms with Crippen LogP contribution in [-0.2, 0) is 20.3 Å². The molecule has 15 heavy (non-hydrogen) atoms. The van der Waals surface area contributed by atoms with Crippen molar-refractivity contribution in [1.82, 2.24) is 0 Å². The molecule has 76 valence electrons. The summed E-state index contributed by atoms with van der Waals surface area (Å²) in [5.74, 6) is 0. The standard InChI is InChI=1S/C9H11O4P.Na/c1-13-14(11,12)9(10)7-8-5-3-2-4-6-8;/h2-6H,7H2,1H3,(H,11,12);/q;+1/p-1. The number of hydrogen-bond acceptors (Lipinski definition) is 4. The third kappa shape index (κ3) is 4.60. The molecule has 0 fully saturated rings. The van der Waals surface area contributed by atoms with Crippen LogP contribution in [0.15, 0.2) is 30.3 Å². The monoisotopic (exact) mass is 236 g/mol. The van der Waals surface area contributed by atoms with Gasteiger partial charge in [0.15, 0.2) is 0 Å². The molecule has 1 unspecified atom stereocenters. The average molecular weight is 236 g/mol. The molecular weight excluding hydrogens is 226 g/mol. The van der Waals surface area contributed by atoms with E-state index in [1.807, 2.05) is 0 Å². The van der Waals surface area contributed by atoms with Gasteiger partial charge in [-0.05, 0) is 5.56 Å². The van der Waals surface area contributed by atoms with Crippen LogP contribution in [0.2, 0.25) is 0 Å². The summed E-state index contributed by atoms with van der Waals surface area (Å²) in [6.45, 7) is 0. The van der Waals surface area contributed by atoms with Crippen molar-refractivity contribution in [3.8, 4) is 0 Å². The second-order valence-electron chi connectivity index (χ2n) is 2.74. The fourth-order valence-corrected chi connectivity index (χ4v) is 1.55. The van der Waals surface area contributed by atoms with E-state index in [9.17, 15) is 14.3 Å². The zero-order chi connectivity index (χ0) is 10.6. The van der Waals surface area contributed by atoms with Crippen LogP contribution >= 0.6 is 7.60 Å². The minimum Gasteiger partial charge on any atom is -0.773 e. The molecule has 1 aromatic rings. The van der Waals surface area contributed by atoms with Gasteiger partial charge in [0.05, 0.1) is 0 Å². The average Bonchev–Trinajstić information content (AvgIpc) is 2.19. The van der Waals surface area contributed by atoms with Crippen LogP contribution in [0, 0.1) is 0 Å². The van der Waals surface area contributed by atoms with Gasteiger partial charge in [0.1, 0.15) is 0 Å². The predicted molar refractivity (Wildman–Crippen MR) is 49.8 cm³/mol. The van der Waals surface area contributed by atoms with Crippen molar-refractivity contribution in [3.05, 3.63) is 35.9 Å². The summed E-state index contributed by atoms with van der Waals surface area (Å²) < 4.78 is 15.1. The summed E-state index contributed by atoms with van der Waals surface area (Å²) in [6, 6.07) is 8.65. The van der Waals surface area contributed by atoms with Gasteiger partial charge >= 0.3 is 29.6 Å². The molecule has 1 aromatic carbocycles. The molecule has 0 saturated heterocycles. The van der Waals surface area contributed by atoms with E-state index in [0.717, 1.165) is 7.11 Å². The Hall–Kier alpha value is 0.0400. The Kier molecular flexibility index (Phi) is 6.60. The summed E-state index contributed by atoms with van der Waals surface area (Å²) in [6.07, 6.45) is -0.143. The maximum atomic E-state index is 11.2. The molecule has 0 amide bonds. The summed E-state index contributed by atoms with van der Waals surface area (Å²) in [7, 11) is -3.34. The molecule has 0 bridgehead atoms. The Morgan fingerprint density at radius 3 is 2.40 bits per heavy atom. The first kappa shape index (κ1) is 15.0. The second-order valence-corrected chi connectivity index (χ2v) is 4.60. The molecule has 0 aliphatic rings. The molecule has 1 atom stereocenters. The van der Waals surface area contributed by atoms with Crippen LogP contribution in [0.25, 0.3) is 0 Å². The van der Waals surface area contributed by atoms with Crippen LogP contribution < -0.4 is 34.5 Å². The van der Waals surface area contributed by atoms with E-state index in [1.54, 1.807) is 30.3 Å². The quantitative estimate of drug-likeness (QED) is 0.446. The fraction of sp³-hybridized carbons (Fsp3) is 0.222. The van der Waals surface area contributed by atoms with Crippen LogP contribution in [0.5, 0.6) is 0 Å². The molecule has 0 N–H and O–H groups in total. The second kappa shape index (κ2) is 6.59. The van der Waals surface area contributed by atoms with Crippen molar-refractivity contribution < 1.29 is 48.3 Å². The molecule has 0 radical (unpaired) electrons. The first-order valence-electron chi connectivity index (χ1n) is 4.00. The zero-order valence-corrected chi connectivity index (χ0v) is 11.6. The SMILES string of the molecule is COP(=O)([O-])C(=O)Cc1ccccc1.[Na+]. The van der Waals surface area contributed by atoms with Crippen molar-refractivity contribution in [3.63, 3.8) is 0 Å². The third-order valence-corrected chi connectivity index (χ3v) is 2.99. The Morgan fingerprint density at radius 2 is 1.93 bits per heavy atom. The maximum Gasteiger partial charge on any atom is 1.00 e. The van der Waals surface area contributed by atoms with Gasteiger partial charge in [0, 0.05) is 13.5 Å². The first-order valence-corrected chi connectivity index (χ1v) is 5.54. The molecule has 0 spiro atoms. The summed E-state index contributed by atoms with van der Waals surface area (Å²) in [4.78, 5) is 22.1. The Labute approximate surface area is 110 Å². The van der Waals surface area contributed by atoms with E-state index in [0.29, 0.717) is 5.56 Å². The number of benzene rings is 1. The fourth-order valence-electron chi connectivity index (χ4n) is 0.969. The van der Waals surface area contributed by atoms with Gasteiger partial charge in [0.25, 0.3) is 0 Å². The number of carbonyl (C=O) groups excluding carboxylic acids is 1. The number of rotatable bonds is 4. The van der Waals surface area contributed by atoms with E-state index >= 15 is 0 Å². The summed E-state index contributed by atoms with van der Waals surface area (Å²) >= 11 is 0. The van der Waals surface area contributed by atoms with Gasteiger partial charge in [-0.15, -0.1) is 0 Å². The number of hydrogen-bond donors (Lipinski definition) is 0. The van der Waals surface area contributed by atoms with Crippen molar-refractivity contribution >= 4 is 13.1 Å². The first-order chi connectivity index (χ1) is 6.56. The molecular formula is C9H10NaO4P. The van der Waals surface area contributed by atoms with Gasteiger partial charge in [-0.3, -0.25) is 4.79 Å². The van der Waals surface area contributed by atoms with E-state index < -0.39 is 13.1 Å². The van der Waals surface area contributed by atoms with E-state index in [2.05, 4.69) is 4.52 Å². The third-order valence-electron chi connectivity index (χ3n) is 1.74. The minimum absolute atomic E-state index is 0. The molecule has 6 heteroatoms. The number of carbonyl (C=O) groups is 1. The minimum atomic E-state index is -4.32. The molecule has 1 rings (SSSR count). The smallest absolute Gasteiger partial charge is 0.773 e. The molecule has 0 aliphatic heterocycles. The van der Waals surface area contributed by atoms with Gasteiger partial charge in [-0.25, -0.2) is 0 Å². The van der Waals surface area contributed by atoms with Crippen molar-refractivity contribution in [1.29, 1.82) is 0 Å². The molecule has 0 aromatic heterocycles. The van der Waals surface area contributed by atoms with Gasteiger partial charge in [-0.1, -0.05) is 30.3 Å². The molecule has 0 heterocycles. The normalized spacial score (nSPS) is 13.7. The van der Waals surface area contributed by atoms with E-state index in [1.165, 1.54) is 0 Å². The van der Waals surface area contributed by atoms with Gasteiger partial charge < -0.3 is 14.0 Å². The van der Waals surface area contributed by atoms with Crippen molar-refractivity contribution in [2.45, 2.75) is 6.42 Å². The predicted octanol–water partition coefficient (Wildman–Crippen LogP) is -2.04. The molecule has 0 aliphatic carbocycles. The Balaban J connectivity index is 0.00000196. The maximum absolute atomic E-state index is 11.2. The zero-order valence-electron chi connectivity index (χ0n) is 8.67. The van der Waals surface area contributed by atoms with Gasteiger partial charge in [-0.2, -0.15) is 0 Å². The summed E-state index contributed by atoms with van der Waals surface area (Å²) in [5, 5.41) is 0. The Bertz CT molecular complexity index is 366. The van der Waals surface area contributed by atoms with Crippen LogP contribution in [0.3, 0.4) is 0 Å². The van der Waals surface area contributed by atoms with Gasteiger partial charge in [0.2, 0.25) is 13.1 Å². The topological polar surface area (TPSA) is 66.4 Å². The van der Waals surface area contributed by atoms with E-state index in [-0.39, 0.29) is 36.0 Å². The largest absolute Gasteiger partial charge is 1.00 e. The molecule has 0 saturated carbocycles. The van der Waals surface area contributed by atoms with Crippen molar-refractivity contribution in [2.75, 3.05) is 7.11 Å². The van der Waals surface area contributed by atoms with Crippen LogP contribution in [-0.4, -0.2) is 12.6 Å². The van der Waals surface area contributed by atoms with Crippen LogP contribution in [0.1, 0.15) is 5.56 Å². The molecule has 4 nitrogen and oxygen atoms in total. The Morgan fingerprint density at radius 1 is 1.40 bits per heavy atom. The van der Waals surface area contributed by atoms with Crippen LogP contribution in [0.4, 0.5) is 0 Å². The van der Waals surface area contributed by atoms with Crippen molar-refractivity contribution in [2.24, 2.45) is 0 Å².